The van der Waals surface area contributed by atoms with E-state index in [0.29, 0.717) is 0 Å². The van der Waals surface area contributed by atoms with Crippen LogP contribution in [0.2, 0.25) is 0 Å². The third-order valence-electron chi connectivity index (χ3n) is 2.73. The van der Waals surface area contributed by atoms with E-state index in [4.69, 9.17) is 23.1 Å². The molecule has 0 saturated heterocycles. The van der Waals surface area contributed by atoms with Crippen molar-refractivity contribution >= 4 is 42.2 Å². The maximum Gasteiger partial charge on any atom is 0.346 e. The molecule has 0 radical (unpaired) electrons. The molecule has 0 spiro atoms. The van der Waals surface area contributed by atoms with E-state index in [1.54, 1.807) is 0 Å². The zero-order chi connectivity index (χ0) is 15.8. The lowest BCUT2D eigenvalue weighted by Gasteiger charge is -2.17. The van der Waals surface area contributed by atoms with Gasteiger partial charge in [0.25, 0.3) is 0 Å². The van der Waals surface area contributed by atoms with Crippen LogP contribution in [0, 0.1) is 24.1 Å². The highest BCUT2D eigenvalue weighted by atomic mass is 35.7. The monoisotopic (exact) mass is 348 g/mol. The molecule has 0 atom stereocenters. The first-order valence-corrected chi connectivity index (χ1v) is 8.92. The molecule has 21 heavy (non-hydrogen) atoms. The summed E-state index contributed by atoms with van der Waals surface area (Å²) in [6, 6.07) is 4.45. The van der Waals surface area contributed by atoms with Crippen molar-refractivity contribution in [2.75, 3.05) is 0 Å². The molecule has 114 valence electrons. The Hall–Kier alpha value is -0.800. The van der Waals surface area contributed by atoms with Crippen LogP contribution in [0.4, 0.5) is 0 Å². The Balaban J connectivity index is 0.000000282. The minimum atomic E-state index is -4.94. The molecule has 0 fully saturated rings. The van der Waals surface area contributed by atoms with Gasteiger partial charge in [-0.1, -0.05) is 6.92 Å². The molecule has 0 aliphatic carbocycles. The Kier molecular flexibility index (Phi) is 4.84. The third-order valence-corrected chi connectivity index (χ3v) is 5.14. The van der Waals surface area contributed by atoms with Gasteiger partial charge in [0.05, 0.1) is 18.0 Å². The van der Waals surface area contributed by atoms with Crippen molar-refractivity contribution in [3.8, 4) is 0 Å². The van der Waals surface area contributed by atoms with Crippen molar-refractivity contribution < 1.29 is 33.3 Å². The number of fused-ring (bicyclic) bond motifs is 3. The van der Waals surface area contributed by atoms with Crippen LogP contribution < -0.4 is 18.6 Å². The Labute approximate surface area is 131 Å². The van der Waals surface area contributed by atoms with E-state index >= 15 is 0 Å². The summed E-state index contributed by atoms with van der Waals surface area (Å²) in [5, 5.41) is 1.37. The summed E-state index contributed by atoms with van der Waals surface area (Å²) >= 11 is 3.74. The maximum atomic E-state index is 8.49. The lowest BCUT2D eigenvalue weighted by molar-refractivity contribution is -2.00. The predicted octanol–water partition coefficient (Wildman–Crippen LogP) is 0.413. The number of rotatable bonds is 1. The molecule has 3 aromatic rings. The Bertz CT molecular complexity index is 766. The second-order valence-corrected chi connectivity index (χ2v) is 7.47. The fourth-order valence-electron chi connectivity index (χ4n) is 2.07. The van der Waals surface area contributed by atoms with Crippen molar-refractivity contribution in [3.63, 3.8) is 0 Å². The smallest absolute Gasteiger partial charge is 0.222 e. The summed E-state index contributed by atoms with van der Waals surface area (Å²) in [7, 11) is -4.94. The zero-order valence-corrected chi connectivity index (χ0v) is 14.0. The Morgan fingerprint density at radius 2 is 1.67 bits per heavy atom. The Morgan fingerprint density at radius 3 is 2.24 bits per heavy atom. The van der Waals surface area contributed by atoms with Crippen molar-refractivity contribution in [2.45, 2.75) is 27.2 Å². The molecule has 0 unspecified atom stereocenters. The molecular weight excluding hydrogens is 336 g/mol. The molecule has 5 nitrogen and oxygen atoms in total. The number of halogens is 1. The fourth-order valence-corrected chi connectivity index (χ4v) is 4.61. The van der Waals surface area contributed by atoms with Gasteiger partial charge in [0, 0.05) is 21.0 Å². The summed E-state index contributed by atoms with van der Waals surface area (Å²) in [5.41, 5.74) is 0. The average Bonchev–Trinajstić information content (AvgIpc) is 2.83. The molecule has 0 bridgehead atoms. The lowest BCUT2D eigenvalue weighted by Crippen LogP contribution is -2.68. The molecule has 0 aliphatic heterocycles. The van der Waals surface area contributed by atoms with Crippen molar-refractivity contribution in [2.24, 2.45) is 0 Å². The average molecular weight is 349 g/mol. The summed E-state index contributed by atoms with van der Waals surface area (Å²) in [4.78, 5) is 1.39. The molecule has 0 aliphatic rings. The number of aryl methyl sites for hydroxylation is 3. The molecule has 3 heterocycles. The van der Waals surface area contributed by atoms with Crippen LogP contribution >= 0.6 is 22.7 Å². The molecule has 0 N–H and O–H groups in total. The van der Waals surface area contributed by atoms with E-state index in [-0.39, 0.29) is 0 Å². The highest BCUT2D eigenvalue weighted by Gasteiger charge is 2.20. The predicted molar refractivity (Wildman–Crippen MR) is 72.7 cm³/mol. The van der Waals surface area contributed by atoms with Crippen LogP contribution in [-0.4, -0.2) is 0 Å². The van der Waals surface area contributed by atoms with Gasteiger partial charge in [-0.3, -0.25) is 0 Å². The van der Waals surface area contributed by atoms with Crippen LogP contribution in [0.3, 0.4) is 0 Å². The summed E-state index contributed by atoms with van der Waals surface area (Å²) in [6.45, 7) is 6.35. The minimum absolute atomic E-state index is 0.963. The van der Waals surface area contributed by atoms with Crippen LogP contribution in [0.15, 0.2) is 16.5 Å². The molecule has 8 heteroatoms. The van der Waals surface area contributed by atoms with Crippen molar-refractivity contribution in [1.29, 1.82) is 0 Å². The van der Waals surface area contributed by atoms with Crippen LogP contribution in [0.25, 0.3) is 19.5 Å². The molecule has 0 aromatic carbocycles. The molecule has 3 aromatic heterocycles. The van der Waals surface area contributed by atoms with Crippen molar-refractivity contribution in [1.82, 2.24) is 0 Å². The first-order chi connectivity index (χ1) is 9.69. The van der Waals surface area contributed by atoms with Gasteiger partial charge in [-0.25, -0.2) is 23.1 Å². The van der Waals surface area contributed by atoms with Gasteiger partial charge in [-0.15, -0.1) is 32.9 Å². The first kappa shape index (κ1) is 16.6. The fraction of sp³-hybridized carbons (Fsp3) is 0.308. The second kappa shape index (κ2) is 6.13. The highest BCUT2D eigenvalue weighted by molar-refractivity contribution is 7.32. The minimum Gasteiger partial charge on any atom is -0.222 e. The topological polar surface area (TPSA) is 104 Å². The SMILES string of the molecule is CCc1[o+]c(C)cc2c1sc1cc(C)sc12.[O-][Cl+3]([O-])([O-])[O-]. The molecule has 0 amide bonds. The quantitative estimate of drug-likeness (QED) is 0.592. The van der Waals surface area contributed by atoms with E-state index in [1.165, 1.54) is 24.4 Å². The third kappa shape index (κ3) is 4.10. The van der Waals surface area contributed by atoms with E-state index in [2.05, 4.69) is 26.0 Å². The van der Waals surface area contributed by atoms with Gasteiger partial charge in [-0.05, 0) is 13.0 Å². The molecule has 0 saturated carbocycles. The number of hydrogen-bond acceptors (Lipinski definition) is 6. The maximum absolute atomic E-state index is 8.49. The Morgan fingerprint density at radius 1 is 1.05 bits per heavy atom. The van der Waals surface area contributed by atoms with Gasteiger partial charge >= 0.3 is 11.5 Å². The normalized spacial score (nSPS) is 11.8. The van der Waals surface area contributed by atoms with E-state index in [9.17, 15) is 0 Å². The van der Waals surface area contributed by atoms with Crippen molar-refractivity contribution in [3.05, 3.63) is 28.5 Å². The van der Waals surface area contributed by atoms with Crippen LogP contribution in [0.1, 0.15) is 23.3 Å². The largest absolute Gasteiger partial charge is 0.346 e. The summed E-state index contributed by atoms with van der Waals surface area (Å²) in [6.07, 6.45) is 0.963. The molecular formula is C13H13ClO5S2. The van der Waals surface area contributed by atoms with E-state index in [0.717, 1.165) is 17.9 Å². The number of hydrogen-bond donors (Lipinski definition) is 0. The second-order valence-electron chi connectivity index (χ2n) is 4.41. The van der Waals surface area contributed by atoms with Gasteiger partial charge < -0.3 is 0 Å². The van der Waals surface area contributed by atoms with Gasteiger partial charge in [0.2, 0.25) is 0 Å². The number of thiophene rings is 2. The van der Waals surface area contributed by atoms with Crippen LogP contribution in [0.5, 0.6) is 0 Å². The molecule has 3 rings (SSSR count). The first-order valence-electron chi connectivity index (χ1n) is 6.06. The van der Waals surface area contributed by atoms with E-state index < -0.39 is 10.2 Å². The van der Waals surface area contributed by atoms with Gasteiger partial charge in [0.1, 0.15) is 4.70 Å². The van der Waals surface area contributed by atoms with Crippen LogP contribution in [-0.2, 0) is 6.42 Å². The summed E-state index contributed by atoms with van der Waals surface area (Å²) in [5.74, 6) is 2.14. The van der Waals surface area contributed by atoms with Gasteiger partial charge in [0.15, 0.2) is 0 Å². The van der Waals surface area contributed by atoms with E-state index in [1.807, 2.05) is 29.6 Å². The zero-order valence-electron chi connectivity index (χ0n) is 11.6. The van der Waals surface area contributed by atoms with Gasteiger partial charge in [-0.2, -0.15) is 0 Å². The highest BCUT2D eigenvalue weighted by Crippen LogP contribution is 2.41. The standard InChI is InChI=1S/C13H13OS2.ClHO4/c1-4-10-12-9(5-7(2)14-10)13-11(16-12)6-8(3)15-13;2-1(3,4)5/h5-6H,4H2,1-3H3;(H,2,3,4,5)/q+1;/p-1. The summed E-state index contributed by atoms with van der Waals surface area (Å²) < 4.78 is 43.9. The lowest BCUT2D eigenvalue weighted by atomic mass is 10.2.